The highest BCUT2D eigenvalue weighted by molar-refractivity contribution is 5.82. The highest BCUT2D eigenvalue weighted by Gasteiger charge is 2.37. The SMILES string of the molecule is CCC(C)C(=O)OC(C)C(C)C(c1ccc(OC(=O)C(C)(C)CC)c(OC(=O)C(C)(C)CC)c1)[C@H](N)C(=O)O. The minimum atomic E-state index is -1.35. The molecule has 1 aromatic carbocycles. The quantitative estimate of drug-likeness (QED) is 0.228. The lowest BCUT2D eigenvalue weighted by Gasteiger charge is -2.32. The molecule has 0 saturated carbocycles. The van der Waals surface area contributed by atoms with E-state index >= 15 is 0 Å². The molecule has 0 bridgehead atoms. The molecule has 0 aliphatic heterocycles. The average molecular weight is 550 g/mol. The molecule has 0 fully saturated rings. The molecule has 1 aromatic rings. The van der Waals surface area contributed by atoms with Gasteiger partial charge in [-0.05, 0) is 71.6 Å². The second-order valence-corrected chi connectivity index (χ2v) is 11.7. The third kappa shape index (κ3) is 8.78. The van der Waals surface area contributed by atoms with Crippen molar-refractivity contribution in [2.45, 2.75) is 107 Å². The summed E-state index contributed by atoms with van der Waals surface area (Å²) in [5.74, 6) is -4.27. The van der Waals surface area contributed by atoms with Gasteiger partial charge in [-0.3, -0.25) is 19.2 Å². The van der Waals surface area contributed by atoms with Gasteiger partial charge in [0.2, 0.25) is 0 Å². The Morgan fingerprint density at radius 3 is 1.79 bits per heavy atom. The summed E-state index contributed by atoms with van der Waals surface area (Å²) in [6.45, 7) is 17.8. The van der Waals surface area contributed by atoms with E-state index in [-0.39, 0.29) is 23.4 Å². The van der Waals surface area contributed by atoms with Crippen LogP contribution < -0.4 is 15.2 Å². The van der Waals surface area contributed by atoms with Gasteiger partial charge in [-0.25, -0.2) is 0 Å². The van der Waals surface area contributed by atoms with Crippen LogP contribution in [0.1, 0.15) is 100.0 Å². The maximum Gasteiger partial charge on any atom is 0.321 e. The molecular formula is C30H47NO8. The van der Waals surface area contributed by atoms with E-state index < -0.39 is 52.7 Å². The number of carbonyl (C=O) groups is 4. The Morgan fingerprint density at radius 2 is 1.36 bits per heavy atom. The number of esters is 3. The number of carboxylic acids is 1. The van der Waals surface area contributed by atoms with Crippen LogP contribution >= 0.6 is 0 Å². The number of rotatable bonds is 14. The third-order valence-electron chi connectivity index (χ3n) is 7.93. The van der Waals surface area contributed by atoms with E-state index in [1.807, 2.05) is 20.8 Å². The number of ether oxygens (including phenoxy) is 3. The van der Waals surface area contributed by atoms with Gasteiger partial charge in [-0.2, -0.15) is 0 Å². The summed E-state index contributed by atoms with van der Waals surface area (Å²) in [6.07, 6.45) is 0.985. The van der Waals surface area contributed by atoms with Crippen molar-refractivity contribution in [2.24, 2.45) is 28.4 Å². The van der Waals surface area contributed by atoms with Crippen LogP contribution in [0.5, 0.6) is 11.5 Å². The molecule has 0 aromatic heterocycles. The molecule has 0 aliphatic rings. The molecule has 0 aliphatic carbocycles. The fraction of sp³-hybridized carbons (Fsp3) is 0.667. The van der Waals surface area contributed by atoms with E-state index in [1.54, 1.807) is 54.5 Å². The monoisotopic (exact) mass is 549 g/mol. The standard InChI is InChI=1S/C30H47NO8/c1-11-17(4)26(34)37-19(6)18(5)23(24(31)25(32)33)20-14-15-21(38-27(35)29(7,8)12-2)22(16-20)39-28(36)30(9,10)13-3/h14-19,23-24H,11-13,31H2,1-10H3,(H,32,33)/t17?,18?,19?,23?,24-/m0/s1. The molecule has 39 heavy (non-hydrogen) atoms. The Balaban J connectivity index is 3.61. The number of hydrogen-bond acceptors (Lipinski definition) is 8. The number of hydrogen-bond donors (Lipinski definition) is 2. The van der Waals surface area contributed by atoms with E-state index in [0.29, 0.717) is 24.8 Å². The number of benzene rings is 1. The van der Waals surface area contributed by atoms with Crippen LogP contribution in [0, 0.1) is 22.7 Å². The first-order chi connectivity index (χ1) is 17.9. The predicted octanol–water partition coefficient (Wildman–Crippen LogP) is 5.48. The Bertz CT molecular complexity index is 1030. The van der Waals surface area contributed by atoms with Gasteiger partial charge in [-0.1, -0.05) is 40.7 Å². The third-order valence-corrected chi connectivity index (χ3v) is 7.93. The van der Waals surface area contributed by atoms with E-state index in [4.69, 9.17) is 19.9 Å². The predicted molar refractivity (Wildman–Crippen MR) is 148 cm³/mol. The van der Waals surface area contributed by atoms with E-state index in [0.717, 1.165) is 0 Å². The van der Waals surface area contributed by atoms with Crippen LogP contribution in [0.3, 0.4) is 0 Å². The zero-order valence-electron chi connectivity index (χ0n) is 25.1. The van der Waals surface area contributed by atoms with Gasteiger partial charge < -0.3 is 25.1 Å². The average Bonchev–Trinajstić information content (AvgIpc) is 2.88. The summed E-state index contributed by atoms with van der Waals surface area (Å²) in [4.78, 5) is 50.3. The molecule has 0 saturated heterocycles. The van der Waals surface area contributed by atoms with Crippen LogP contribution in [0.15, 0.2) is 18.2 Å². The molecule has 220 valence electrons. The molecule has 3 N–H and O–H groups in total. The molecule has 9 heteroatoms. The van der Waals surface area contributed by atoms with Crippen LogP contribution in [0.2, 0.25) is 0 Å². The van der Waals surface area contributed by atoms with Crippen LogP contribution in [-0.2, 0) is 23.9 Å². The Kier molecular flexibility index (Phi) is 12.2. The fourth-order valence-electron chi connectivity index (χ4n) is 3.52. The lowest BCUT2D eigenvalue weighted by Crippen LogP contribution is -2.43. The Morgan fingerprint density at radius 1 is 0.872 bits per heavy atom. The van der Waals surface area contributed by atoms with E-state index in [9.17, 15) is 24.3 Å². The molecule has 4 unspecified atom stereocenters. The Hall–Kier alpha value is -2.94. The molecule has 0 radical (unpaired) electrons. The number of aliphatic carboxylic acids is 1. The summed E-state index contributed by atoms with van der Waals surface area (Å²) < 4.78 is 17.0. The van der Waals surface area contributed by atoms with E-state index in [2.05, 4.69) is 0 Å². The second-order valence-electron chi connectivity index (χ2n) is 11.7. The van der Waals surface area contributed by atoms with Gasteiger partial charge in [0, 0.05) is 11.8 Å². The normalized spacial score (nSPS) is 15.9. The van der Waals surface area contributed by atoms with Gasteiger partial charge in [0.25, 0.3) is 0 Å². The lowest BCUT2D eigenvalue weighted by atomic mass is 9.79. The molecule has 9 nitrogen and oxygen atoms in total. The first-order valence-corrected chi connectivity index (χ1v) is 13.7. The number of carbonyl (C=O) groups excluding carboxylic acids is 3. The Labute approximate surface area is 232 Å². The van der Waals surface area contributed by atoms with Crippen molar-refractivity contribution in [3.8, 4) is 11.5 Å². The second kappa shape index (κ2) is 13.9. The van der Waals surface area contributed by atoms with Gasteiger partial charge in [-0.15, -0.1) is 0 Å². The van der Waals surface area contributed by atoms with Gasteiger partial charge >= 0.3 is 23.9 Å². The van der Waals surface area contributed by atoms with Gasteiger partial charge in [0.1, 0.15) is 12.1 Å². The van der Waals surface area contributed by atoms with Crippen molar-refractivity contribution < 1.29 is 38.5 Å². The van der Waals surface area contributed by atoms with Crippen molar-refractivity contribution in [2.75, 3.05) is 0 Å². The van der Waals surface area contributed by atoms with Crippen LogP contribution in [0.25, 0.3) is 0 Å². The van der Waals surface area contributed by atoms with E-state index in [1.165, 1.54) is 12.1 Å². The minimum Gasteiger partial charge on any atom is -0.480 e. The summed E-state index contributed by atoms with van der Waals surface area (Å²) >= 11 is 0. The molecule has 0 heterocycles. The first-order valence-electron chi connectivity index (χ1n) is 13.7. The van der Waals surface area contributed by atoms with Crippen molar-refractivity contribution in [1.82, 2.24) is 0 Å². The van der Waals surface area contributed by atoms with Crippen molar-refractivity contribution in [1.29, 1.82) is 0 Å². The number of carboxylic acid groups (broad SMARTS) is 1. The van der Waals surface area contributed by atoms with Crippen molar-refractivity contribution in [3.63, 3.8) is 0 Å². The summed E-state index contributed by atoms with van der Waals surface area (Å²) in [5, 5.41) is 9.81. The topological polar surface area (TPSA) is 142 Å². The van der Waals surface area contributed by atoms with Crippen molar-refractivity contribution >= 4 is 23.9 Å². The number of nitrogens with two attached hydrogens (primary N) is 1. The fourth-order valence-corrected chi connectivity index (χ4v) is 3.52. The maximum atomic E-state index is 13.0. The molecule has 5 atom stereocenters. The molecule has 1 rings (SSSR count). The molecular weight excluding hydrogens is 502 g/mol. The summed E-state index contributed by atoms with van der Waals surface area (Å²) in [5.41, 5.74) is 5.00. The summed E-state index contributed by atoms with van der Waals surface area (Å²) in [6, 6.07) is 3.20. The molecule has 0 spiro atoms. The zero-order chi connectivity index (χ0) is 30.3. The first kappa shape index (κ1) is 34.1. The minimum absolute atomic E-state index is 0.0154. The van der Waals surface area contributed by atoms with Crippen LogP contribution in [0.4, 0.5) is 0 Å². The maximum absolute atomic E-state index is 13.0. The highest BCUT2D eigenvalue weighted by atomic mass is 16.6. The lowest BCUT2D eigenvalue weighted by molar-refractivity contribution is -0.155. The van der Waals surface area contributed by atoms with Gasteiger partial charge in [0.15, 0.2) is 11.5 Å². The smallest absolute Gasteiger partial charge is 0.321 e. The largest absolute Gasteiger partial charge is 0.480 e. The zero-order valence-corrected chi connectivity index (χ0v) is 25.1. The molecule has 0 amide bonds. The summed E-state index contributed by atoms with van der Waals surface area (Å²) in [7, 11) is 0. The van der Waals surface area contributed by atoms with Crippen LogP contribution in [-0.4, -0.2) is 41.1 Å². The van der Waals surface area contributed by atoms with Gasteiger partial charge in [0.05, 0.1) is 16.7 Å². The highest BCUT2D eigenvalue weighted by Crippen LogP contribution is 2.39. The van der Waals surface area contributed by atoms with Crippen molar-refractivity contribution in [3.05, 3.63) is 23.8 Å².